The highest BCUT2D eigenvalue weighted by molar-refractivity contribution is 6.99. The molecule has 0 bridgehead atoms. The van der Waals surface area contributed by atoms with Gasteiger partial charge in [0.2, 0.25) is 0 Å². The zero-order chi connectivity index (χ0) is 43.6. The molecule has 2 nitrogen and oxygen atoms in total. The van der Waals surface area contributed by atoms with Crippen LogP contribution >= 0.6 is 0 Å². The number of benzene rings is 8. The molecule has 0 atom stereocenters. The molecule has 1 aromatic heterocycles. The average molecular weight is 816 g/mol. The Morgan fingerprint density at radius 1 is 0.413 bits per heavy atom. The van der Waals surface area contributed by atoms with Crippen LogP contribution in [0.2, 0.25) is 0 Å². The summed E-state index contributed by atoms with van der Waals surface area (Å²) in [5.41, 5.74) is 20.7. The maximum atomic E-state index is 7.59. The topological polar surface area (TPSA) is 14.2 Å². The first kappa shape index (κ1) is 39.3. The largest absolute Gasteiger partial charge is 0.458 e. The van der Waals surface area contributed by atoms with Crippen LogP contribution in [0.1, 0.15) is 79.0 Å². The van der Waals surface area contributed by atoms with Gasteiger partial charge in [-0.25, -0.2) is 0 Å². The lowest BCUT2D eigenvalue weighted by Crippen LogP contribution is -2.59. The molecular formula is C60H54BNO. The van der Waals surface area contributed by atoms with Gasteiger partial charge in [-0.2, -0.15) is 0 Å². The molecule has 0 fully saturated rings. The molecule has 0 amide bonds. The van der Waals surface area contributed by atoms with Crippen molar-refractivity contribution in [2.24, 2.45) is 0 Å². The normalized spacial score (nSPS) is 13.3. The highest BCUT2D eigenvalue weighted by atomic mass is 16.5. The predicted octanol–water partition coefficient (Wildman–Crippen LogP) is 14.3. The minimum absolute atomic E-state index is 0.00879. The number of fused-ring (bicyclic) bond motifs is 7. The molecule has 0 unspecified atom stereocenters. The van der Waals surface area contributed by atoms with Gasteiger partial charge in [-0.15, -0.1) is 0 Å². The Hall–Kier alpha value is -6.58. The molecule has 0 saturated heterocycles. The number of aromatic nitrogens is 1. The molecule has 0 aliphatic carbocycles. The first-order valence-electron chi connectivity index (χ1n) is 22.6. The zero-order valence-electron chi connectivity index (χ0n) is 38.0. The molecule has 9 aromatic rings. The predicted molar refractivity (Wildman–Crippen MR) is 270 cm³/mol. The lowest BCUT2D eigenvalue weighted by atomic mass is 9.34. The summed E-state index contributed by atoms with van der Waals surface area (Å²) in [6, 6.07) is 61.3. The summed E-state index contributed by atoms with van der Waals surface area (Å²) in [6.45, 7) is 20.9. The van der Waals surface area contributed by atoms with Gasteiger partial charge in [0.15, 0.2) is 0 Å². The van der Waals surface area contributed by atoms with Crippen LogP contribution in [0.25, 0.3) is 72.0 Å². The van der Waals surface area contributed by atoms with Gasteiger partial charge < -0.3 is 9.30 Å². The lowest BCUT2D eigenvalue weighted by molar-refractivity contribution is 0.484. The molecule has 308 valence electrons. The molecular weight excluding hydrogens is 761 g/mol. The van der Waals surface area contributed by atoms with E-state index in [9.17, 15) is 0 Å². The lowest BCUT2D eigenvalue weighted by Gasteiger charge is -2.37. The third-order valence-electron chi connectivity index (χ3n) is 13.7. The van der Waals surface area contributed by atoms with E-state index in [4.69, 9.17) is 4.74 Å². The number of ether oxygens (including phenoxy) is 1. The van der Waals surface area contributed by atoms with Crippen molar-refractivity contribution in [3.8, 4) is 61.7 Å². The van der Waals surface area contributed by atoms with Crippen molar-refractivity contribution >= 4 is 44.9 Å². The van der Waals surface area contributed by atoms with Crippen LogP contribution in [0.3, 0.4) is 0 Å². The Bertz CT molecular complexity index is 3300. The van der Waals surface area contributed by atoms with Crippen LogP contribution in [0.5, 0.6) is 11.5 Å². The summed E-state index contributed by atoms with van der Waals surface area (Å²) in [5, 5.41) is 2.63. The number of rotatable bonds is 4. The maximum absolute atomic E-state index is 7.59. The van der Waals surface area contributed by atoms with E-state index in [2.05, 4.69) is 231 Å². The Labute approximate surface area is 373 Å². The maximum Gasteiger partial charge on any atom is 0.256 e. The number of hydrogen-bond donors (Lipinski definition) is 0. The van der Waals surface area contributed by atoms with Crippen LogP contribution < -0.4 is 21.1 Å². The van der Waals surface area contributed by atoms with Gasteiger partial charge >= 0.3 is 0 Å². The fourth-order valence-corrected chi connectivity index (χ4v) is 10.3. The van der Waals surface area contributed by atoms with Crippen molar-refractivity contribution in [2.45, 2.75) is 78.6 Å². The fourth-order valence-electron chi connectivity index (χ4n) is 10.3. The molecule has 2 aliphatic rings. The number of nitrogens with zero attached hydrogens (tertiary/aromatic N) is 1. The second kappa shape index (κ2) is 14.0. The zero-order valence-corrected chi connectivity index (χ0v) is 38.0. The van der Waals surface area contributed by atoms with Crippen molar-refractivity contribution < 1.29 is 4.74 Å². The standard InChI is InChI=1S/C60H54BNO/c1-58(2,3)40-28-29-52-47(32-40)48-33-41(59(4,5)6)34-50-56(48)62(52)53-35-42(60(7,8)9)36-54-55(53)61(50)51-31-39(45-26-17-16-24-43(45)37-20-12-10-13-21-37)30-49(57(51)63-54)46-27-19-18-25-44(46)38-22-14-11-15-23-38/h10-36H,1-9H3. The second-order valence-corrected chi connectivity index (χ2v) is 21.0. The summed E-state index contributed by atoms with van der Waals surface area (Å²) < 4.78 is 10.2. The Balaban J connectivity index is 1.30. The van der Waals surface area contributed by atoms with Gasteiger partial charge in [0.1, 0.15) is 11.5 Å². The van der Waals surface area contributed by atoms with Gasteiger partial charge in [-0.3, -0.25) is 0 Å². The van der Waals surface area contributed by atoms with Gasteiger partial charge in [0.25, 0.3) is 6.71 Å². The van der Waals surface area contributed by atoms with Gasteiger partial charge in [0, 0.05) is 27.5 Å². The van der Waals surface area contributed by atoms with Crippen molar-refractivity contribution in [3.05, 3.63) is 180 Å². The highest BCUT2D eigenvalue weighted by Gasteiger charge is 2.43. The van der Waals surface area contributed by atoms with E-state index in [1.54, 1.807) is 0 Å². The molecule has 0 N–H and O–H groups in total. The first-order valence-corrected chi connectivity index (χ1v) is 22.6. The Kier molecular flexibility index (Phi) is 8.71. The molecule has 3 heteroatoms. The molecule has 0 saturated carbocycles. The van der Waals surface area contributed by atoms with Crippen molar-refractivity contribution in [1.29, 1.82) is 0 Å². The molecule has 8 aromatic carbocycles. The van der Waals surface area contributed by atoms with E-state index in [1.807, 2.05) is 0 Å². The molecule has 0 spiro atoms. The van der Waals surface area contributed by atoms with Crippen molar-refractivity contribution in [3.63, 3.8) is 0 Å². The Morgan fingerprint density at radius 2 is 0.937 bits per heavy atom. The minimum Gasteiger partial charge on any atom is -0.458 e. The van der Waals surface area contributed by atoms with E-state index < -0.39 is 0 Å². The smallest absolute Gasteiger partial charge is 0.256 e. The van der Waals surface area contributed by atoms with E-state index in [-0.39, 0.29) is 23.0 Å². The summed E-state index contributed by atoms with van der Waals surface area (Å²) in [7, 11) is 0. The van der Waals surface area contributed by atoms with Crippen LogP contribution in [0, 0.1) is 0 Å². The second-order valence-electron chi connectivity index (χ2n) is 21.0. The van der Waals surface area contributed by atoms with Crippen LogP contribution in [-0.2, 0) is 16.2 Å². The van der Waals surface area contributed by atoms with Gasteiger partial charge in [-0.05, 0) is 125 Å². The summed E-state index contributed by atoms with van der Waals surface area (Å²) >= 11 is 0. The van der Waals surface area contributed by atoms with Crippen molar-refractivity contribution in [2.75, 3.05) is 0 Å². The quantitative estimate of drug-likeness (QED) is 0.161. The van der Waals surface area contributed by atoms with Gasteiger partial charge in [0.05, 0.1) is 5.52 Å². The van der Waals surface area contributed by atoms with E-state index in [0.29, 0.717) is 0 Å². The summed E-state index contributed by atoms with van der Waals surface area (Å²) in [5.74, 6) is 1.88. The third-order valence-corrected chi connectivity index (χ3v) is 13.7. The van der Waals surface area contributed by atoms with E-state index in [0.717, 1.165) is 22.6 Å². The molecule has 0 radical (unpaired) electrons. The monoisotopic (exact) mass is 815 g/mol. The molecule has 11 rings (SSSR count). The van der Waals surface area contributed by atoms with Crippen LogP contribution in [0.15, 0.2) is 164 Å². The van der Waals surface area contributed by atoms with E-state index in [1.165, 1.54) is 94.0 Å². The van der Waals surface area contributed by atoms with Gasteiger partial charge in [-0.1, -0.05) is 190 Å². The van der Waals surface area contributed by atoms with E-state index >= 15 is 0 Å². The first-order chi connectivity index (χ1) is 30.1. The van der Waals surface area contributed by atoms with Crippen molar-refractivity contribution in [1.82, 2.24) is 4.57 Å². The molecule has 63 heavy (non-hydrogen) atoms. The Morgan fingerprint density at radius 3 is 1.54 bits per heavy atom. The SMILES string of the molecule is CC(C)(C)c1cc2c3c(c1)-n1c4ccc(C(C)(C)C)cc4c4cc(C(C)(C)C)cc(c41)B3c1cc(-c3ccccc3-c3ccccc3)cc(-c3ccccc3-c3ccccc3)c1O2. The van der Waals surface area contributed by atoms with Crippen LogP contribution in [0.4, 0.5) is 0 Å². The fraction of sp³-hybridized carbons (Fsp3) is 0.200. The summed E-state index contributed by atoms with van der Waals surface area (Å²) in [6.07, 6.45) is 0. The number of hydrogen-bond acceptors (Lipinski definition) is 1. The highest BCUT2D eigenvalue weighted by Crippen LogP contribution is 2.47. The molecule has 2 aliphatic heterocycles. The average Bonchev–Trinajstić information content (AvgIpc) is 3.61. The third kappa shape index (κ3) is 6.30. The van der Waals surface area contributed by atoms with Crippen LogP contribution in [-0.4, -0.2) is 11.3 Å². The molecule has 3 heterocycles. The minimum atomic E-state index is -0.115. The summed E-state index contributed by atoms with van der Waals surface area (Å²) in [4.78, 5) is 0.